The van der Waals surface area contributed by atoms with Gasteiger partial charge in [0.1, 0.15) is 0 Å². The van der Waals surface area contributed by atoms with E-state index in [1.54, 1.807) is 6.08 Å². The van der Waals surface area contributed by atoms with Crippen molar-refractivity contribution in [2.24, 2.45) is 10.7 Å². The minimum atomic E-state index is 0.705. The number of nitrogens with two attached hydrogens (primary N) is 1. The van der Waals surface area contributed by atoms with Crippen LogP contribution in [0.4, 0.5) is 0 Å². The molecule has 0 saturated carbocycles. The van der Waals surface area contributed by atoms with Crippen LogP contribution >= 0.6 is 0 Å². The van der Waals surface area contributed by atoms with Crippen molar-refractivity contribution in [1.82, 2.24) is 4.98 Å². The first-order chi connectivity index (χ1) is 11.3. The molecule has 3 nitrogen and oxygen atoms in total. The highest BCUT2D eigenvalue weighted by atomic mass is 14.7. The van der Waals surface area contributed by atoms with Crippen LogP contribution in [0.3, 0.4) is 0 Å². The molecule has 0 atom stereocenters. The first-order valence-electron chi connectivity index (χ1n) is 7.90. The van der Waals surface area contributed by atoms with Crippen molar-refractivity contribution in [1.29, 1.82) is 0 Å². The Morgan fingerprint density at radius 2 is 2.04 bits per heavy atom. The van der Waals surface area contributed by atoms with Crippen molar-refractivity contribution in [2.75, 3.05) is 13.6 Å². The van der Waals surface area contributed by atoms with Crippen molar-refractivity contribution in [3.05, 3.63) is 78.7 Å². The van der Waals surface area contributed by atoms with Gasteiger partial charge in [-0.15, -0.1) is 0 Å². The van der Waals surface area contributed by atoms with E-state index in [1.165, 1.54) is 12.6 Å². The molecule has 2 N–H and O–H groups in total. The maximum atomic E-state index is 4.50. The topological polar surface area (TPSA) is 51.3 Å². The summed E-state index contributed by atoms with van der Waals surface area (Å²) in [6, 6.07) is 5.97. The lowest BCUT2D eigenvalue weighted by atomic mass is 10.1. The maximum absolute atomic E-state index is 4.50. The molecule has 1 rings (SSSR count). The molecule has 23 heavy (non-hydrogen) atoms. The number of aromatic nitrogens is 1. The van der Waals surface area contributed by atoms with Crippen molar-refractivity contribution in [3.8, 4) is 0 Å². The van der Waals surface area contributed by atoms with Crippen LogP contribution in [0.15, 0.2) is 78.0 Å². The predicted molar refractivity (Wildman–Crippen MR) is 103 cm³/mol. The summed E-state index contributed by atoms with van der Waals surface area (Å²) in [5.41, 5.74) is 7.67. The van der Waals surface area contributed by atoms with Gasteiger partial charge in [-0.05, 0) is 44.7 Å². The van der Waals surface area contributed by atoms with Crippen LogP contribution in [0, 0.1) is 0 Å². The number of pyridine rings is 1. The van der Waals surface area contributed by atoms with E-state index in [4.69, 9.17) is 0 Å². The van der Waals surface area contributed by atoms with E-state index in [1.807, 2.05) is 30.5 Å². The summed E-state index contributed by atoms with van der Waals surface area (Å²) >= 11 is 0. The molecule has 1 heterocycles. The van der Waals surface area contributed by atoms with E-state index < -0.39 is 0 Å². The summed E-state index contributed by atoms with van der Waals surface area (Å²) in [6.45, 7) is 8.70. The van der Waals surface area contributed by atoms with Gasteiger partial charge in [-0.2, -0.15) is 0 Å². The molecule has 0 aliphatic rings. The zero-order valence-electron chi connectivity index (χ0n) is 14.6. The van der Waals surface area contributed by atoms with Crippen LogP contribution in [0.25, 0.3) is 0 Å². The van der Waals surface area contributed by atoms with Gasteiger partial charge in [-0.25, -0.2) is 0 Å². The number of rotatable bonds is 8. The molecule has 0 aliphatic carbocycles. The summed E-state index contributed by atoms with van der Waals surface area (Å²) in [5, 5.41) is 0. The fourth-order valence-electron chi connectivity index (χ4n) is 1.65. The van der Waals surface area contributed by atoms with Gasteiger partial charge in [0.25, 0.3) is 0 Å². The zero-order valence-corrected chi connectivity index (χ0v) is 14.6. The van der Waals surface area contributed by atoms with Crippen molar-refractivity contribution in [3.63, 3.8) is 0 Å². The van der Waals surface area contributed by atoms with Gasteiger partial charge in [0, 0.05) is 18.3 Å². The van der Waals surface area contributed by atoms with Crippen LogP contribution in [-0.2, 0) is 6.42 Å². The third kappa shape index (κ3) is 11.0. The Balaban J connectivity index is 0.00000232. The van der Waals surface area contributed by atoms with E-state index in [0.29, 0.717) is 6.54 Å². The van der Waals surface area contributed by atoms with Crippen LogP contribution < -0.4 is 5.73 Å². The van der Waals surface area contributed by atoms with Gasteiger partial charge in [0.15, 0.2) is 0 Å². The molecule has 0 radical (unpaired) electrons. The number of allylic oxidation sites excluding steroid dienone is 6. The number of hydrogen-bond donors (Lipinski definition) is 1. The van der Waals surface area contributed by atoms with Crippen molar-refractivity contribution in [2.45, 2.75) is 26.7 Å². The Hall–Kier alpha value is -2.26. The molecule has 0 aliphatic heterocycles. The molecular formula is C20H29N3. The summed E-state index contributed by atoms with van der Waals surface area (Å²) < 4.78 is 0. The second-order valence-electron chi connectivity index (χ2n) is 4.66. The van der Waals surface area contributed by atoms with Gasteiger partial charge in [-0.1, -0.05) is 49.4 Å². The fraction of sp³-hybridized carbons (Fsp3) is 0.300. The summed E-state index contributed by atoms with van der Waals surface area (Å²) in [7, 11) is 1.50. The van der Waals surface area contributed by atoms with Gasteiger partial charge in [-0.3, -0.25) is 9.98 Å². The normalized spacial score (nSPS) is 12.3. The Bertz CT molecular complexity index is 537. The van der Waals surface area contributed by atoms with Crippen LogP contribution in [0.1, 0.15) is 26.0 Å². The Labute approximate surface area is 141 Å². The molecule has 0 amide bonds. The van der Waals surface area contributed by atoms with Crippen molar-refractivity contribution < 1.29 is 0 Å². The maximum Gasteiger partial charge on any atom is 0.0577 e. The molecule has 3 heteroatoms. The summed E-state index contributed by atoms with van der Waals surface area (Å²) in [5.74, 6) is 0. The molecule has 0 unspecified atom stereocenters. The van der Waals surface area contributed by atoms with Crippen LogP contribution in [0.2, 0.25) is 0 Å². The van der Waals surface area contributed by atoms with E-state index >= 15 is 0 Å². The van der Waals surface area contributed by atoms with E-state index in [9.17, 15) is 0 Å². The molecule has 124 valence electrons. The smallest absolute Gasteiger partial charge is 0.0577 e. The molecule has 0 bridgehead atoms. The third-order valence-corrected chi connectivity index (χ3v) is 2.87. The third-order valence-electron chi connectivity index (χ3n) is 2.87. The Kier molecular flexibility index (Phi) is 13.2. The number of aliphatic imine (C=N–C) groups is 1. The highest BCUT2D eigenvalue weighted by molar-refractivity contribution is 6.03. The molecule has 1 aromatic rings. The van der Waals surface area contributed by atoms with Crippen molar-refractivity contribution >= 4 is 5.71 Å². The average molecular weight is 311 g/mol. The lowest BCUT2D eigenvalue weighted by Crippen LogP contribution is -1.89. The fourth-order valence-corrected chi connectivity index (χ4v) is 1.65. The monoisotopic (exact) mass is 311 g/mol. The van der Waals surface area contributed by atoms with Gasteiger partial charge in [0.2, 0.25) is 0 Å². The largest absolute Gasteiger partial charge is 0.333 e. The van der Waals surface area contributed by atoms with Crippen LogP contribution in [0.5, 0.6) is 0 Å². The van der Waals surface area contributed by atoms with E-state index in [0.717, 1.165) is 24.2 Å². The van der Waals surface area contributed by atoms with Gasteiger partial charge in [0.05, 0.1) is 12.3 Å². The number of hydrogen-bond acceptors (Lipinski definition) is 3. The van der Waals surface area contributed by atoms with Crippen LogP contribution in [-0.4, -0.2) is 24.3 Å². The van der Waals surface area contributed by atoms with Gasteiger partial charge >= 0.3 is 0 Å². The number of nitrogens with zero attached hydrogens (tertiary/aromatic N) is 2. The lowest BCUT2D eigenvalue weighted by molar-refractivity contribution is 1.10. The summed E-state index contributed by atoms with van der Waals surface area (Å²) in [6.07, 6.45) is 15.9. The highest BCUT2D eigenvalue weighted by Crippen LogP contribution is 2.02. The molecular weight excluding hydrogens is 282 g/mol. The van der Waals surface area contributed by atoms with E-state index in [-0.39, 0.29) is 0 Å². The second-order valence-corrected chi connectivity index (χ2v) is 4.66. The second kappa shape index (κ2) is 14.7. The Morgan fingerprint density at radius 1 is 1.26 bits per heavy atom. The predicted octanol–water partition coefficient (Wildman–Crippen LogP) is 4.29. The first-order valence-corrected chi connectivity index (χ1v) is 7.90. The molecule has 0 saturated heterocycles. The van der Waals surface area contributed by atoms with Gasteiger partial charge < -0.3 is 5.73 Å². The average Bonchev–Trinajstić information content (AvgIpc) is 2.62. The minimum absolute atomic E-state index is 0.705. The summed E-state index contributed by atoms with van der Waals surface area (Å²) in [4.78, 5) is 8.76. The molecule has 0 aromatic carbocycles. The quantitative estimate of drug-likeness (QED) is 0.442. The zero-order chi connectivity index (χ0) is 17.3. The SMILES string of the molecule is C=CC(/C=C/C(C)=C\Cc1ccccn1)=NCC=CCC.CN. The van der Waals surface area contributed by atoms with E-state index in [2.05, 4.69) is 60.4 Å². The lowest BCUT2D eigenvalue weighted by Gasteiger charge is -1.96. The minimum Gasteiger partial charge on any atom is -0.333 e. The first kappa shape index (κ1) is 20.7. The molecule has 0 spiro atoms. The standard InChI is InChI=1S/C19H24N2.CH5N/c1-4-6-8-15-20-18(5-2)13-11-17(3)12-14-19-10-7-9-16-21-19;1-2/h5-13,16H,2,4,14-15H2,1,3H3;2H2,1H3/b8-6?,13-11+,17-12-,20-18?;. The highest BCUT2D eigenvalue weighted by Gasteiger charge is 1.90. The molecule has 1 aromatic heterocycles. The Morgan fingerprint density at radius 3 is 2.65 bits per heavy atom. The molecule has 0 fully saturated rings.